The van der Waals surface area contributed by atoms with Crippen LogP contribution in [0.25, 0.3) is 28.4 Å². The molecule has 0 saturated carbocycles. The van der Waals surface area contributed by atoms with Crippen molar-refractivity contribution in [3.05, 3.63) is 59.3 Å². The molecule has 0 aliphatic heterocycles. The molecule has 0 spiro atoms. The first-order valence-electron chi connectivity index (χ1n) is 6.67. The van der Waals surface area contributed by atoms with Crippen molar-refractivity contribution >= 4 is 34.5 Å². The predicted octanol–water partition coefficient (Wildman–Crippen LogP) is 4.07. The van der Waals surface area contributed by atoms with Crippen molar-refractivity contribution in [2.45, 2.75) is 0 Å². The van der Waals surface area contributed by atoms with E-state index in [1.165, 1.54) is 13.2 Å². The van der Waals surface area contributed by atoms with Crippen molar-refractivity contribution in [3.63, 3.8) is 0 Å². The number of carbonyl (C=O) groups is 1. The number of aromatic nitrogens is 2. The van der Waals surface area contributed by atoms with Crippen molar-refractivity contribution in [1.82, 2.24) is 9.97 Å². The van der Waals surface area contributed by atoms with E-state index in [1.807, 2.05) is 36.4 Å². The van der Waals surface area contributed by atoms with Crippen LogP contribution in [0.4, 0.5) is 0 Å². The Morgan fingerprint density at radius 1 is 1.32 bits per heavy atom. The molecule has 0 bridgehead atoms. The fourth-order valence-electron chi connectivity index (χ4n) is 2.29. The Kier molecular flexibility index (Phi) is 3.94. The van der Waals surface area contributed by atoms with Crippen molar-refractivity contribution in [2.75, 3.05) is 7.11 Å². The summed E-state index contributed by atoms with van der Waals surface area (Å²) < 4.78 is 4.65. The number of H-pyrrole nitrogens is 1. The topological polar surface area (TPSA) is 55.0 Å². The second kappa shape index (κ2) is 6.03. The van der Waals surface area contributed by atoms with Crippen LogP contribution in [0.3, 0.4) is 0 Å². The lowest BCUT2D eigenvalue weighted by Gasteiger charge is -2.00. The lowest BCUT2D eigenvalue weighted by molar-refractivity contribution is -0.134. The molecule has 0 unspecified atom stereocenters. The highest BCUT2D eigenvalue weighted by atomic mass is 35.5. The second-order valence-electron chi connectivity index (χ2n) is 4.68. The Balaban J connectivity index is 2.22. The maximum absolute atomic E-state index is 11.4. The van der Waals surface area contributed by atoms with Crippen molar-refractivity contribution in [2.24, 2.45) is 0 Å². The summed E-state index contributed by atoms with van der Waals surface area (Å²) in [4.78, 5) is 19.1. The third kappa shape index (κ3) is 2.73. The number of rotatable bonds is 3. The van der Waals surface area contributed by atoms with Gasteiger partial charge in [-0.2, -0.15) is 0 Å². The fraction of sp³-hybridized carbons (Fsp3) is 0.0588. The number of esters is 1. The maximum atomic E-state index is 11.4. The van der Waals surface area contributed by atoms with Crippen LogP contribution in [0.2, 0.25) is 5.02 Å². The van der Waals surface area contributed by atoms with Gasteiger partial charge in [-0.1, -0.05) is 17.7 Å². The fourth-order valence-corrected chi connectivity index (χ4v) is 2.46. The van der Waals surface area contributed by atoms with Gasteiger partial charge in [0, 0.05) is 33.8 Å². The average molecular weight is 313 g/mol. The molecule has 0 aliphatic rings. The third-order valence-corrected chi connectivity index (χ3v) is 3.54. The minimum absolute atomic E-state index is 0.414. The van der Waals surface area contributed by atoms with E-state index in [4.69, 9.17) is 11.6 Å². The Morgan fingerprint density at radius 3 is 2.91 bits per heavy atom. The van der Waals surface area contributed by atoms with Gasteiger partial charge in [0.2, 0.25) is 0 Å². The molecular formula is C17H13ClN2O2. The van der Waals surface area contributed by atoms with Crippen LogP contribution in [0, 0.1) is 0 Å². The summed E-state index contributed by atoms with van der Waals surface area (Å²) in [5.74, 6) is -0.414. The van der Waals surface area contributed by atoms with Gasteiger partial charge in [-0.15, -0.1) is 0 Å². The van der Waals surface area contributed by atoms with Crippen molar-refractivity contribution < 1.29 is 9.53 Å². The first-order chi connectivity index (χ1) is 10.7. The lowest BCUT2D eigenvalue weighted by atomic mass is 10.1. The molecule has 0 saturated heterocycles. The number of methoxy groups -OCH3 is 1. The summed E-state index contributed by atoms with van der Waals surface area (Å²) >= 11 is 6.09. The van der Waals surface area contributed by atoms with E-state index in [1.54, 1.807) is 12.3 Å². The monoisotopic (exact) mass is 312 g/mol. The molecule has 0 amide bonds. The zero-order chi connectivity index (χ0) is 15.5. The number of hydrogen-bond acceptors (Lipinski definition) is 3. The van der Waals surface area contributed by atoms with E-state index in [-0.39, 0.29) is 0 Å². The van der Waals surface area contributed by atoms with Crippen LogP contribution in [0.15, 0.2) is 48.7 Å². The Labute approximate surface area is 132 Å². The molecule has 2 aromatic heterocycles. The Morgan fingerprint density at radius 2 is 2.18 bits per heavy atom. The summed E-state index contributed by atoms with van der Waals surface area (Å²) in [6, 6.07) is 11.2. The third-order valence-electron chi connectivity index (χ3n) is 3.31. The van der Waals surface area contributed by atoms with E-state index in [0.29, 0.717) is 5.02 Å². The molecule has 1 aromatic carbocycles. The number of benzene rings is 1. The van der Waals surface area contributed by atoms with Gasteiger partial charge < -0.3 is 9.72 Å². The number of fused-ring (bicyclic) bond motifs is 1. The highest BCUT2D eigenvalue weighted by Crippen LogP contribution is 2.32. The van der Waals surface area contributed by atoms with Gasteiger partial charge in [-0.05, 0) is 36.4 Å². The van der Waals surface area contributed by atoms with E-state index in [2.05, 4.69) is 14.7 Å². The number of ether oxygens (including phenoxy) is 1. The smallest absolute Gasteiger partial charge is 0.330 e. The second-order valence-corrected chi connectivity index (χ2v) is 5.11. The first-order valence-corrected chi connectivity index (χ1v) is 7.05. The number of nitrogens with one attached hydrogen (secondary N) is 1. The number of halogens is 1. The van der Waals surface area contributed by atoms with Gasteiger partial charge in [-0.3, -0.25) is 4.98 Å². The van der Waals surface area contributed by atoms with Crippen LogP contribution in [0.1, 0.15) is 5.56 Å². The molecule has 2 heterocycles. The van der Waals surface area contributed by atoms with E-state index in [9.17, 15) is 4.79 Å². The van der Waals surface area contributed by atoms with Gasteiger partial charge in [0.15, 0.2) is 0 Å². The highest BCUT2D eigenvalue weighted by molar-refractivity contribution is 6.31. The summed E-state index contributed by atoms with van der Waals surface area (Å²) in [5.41, 5.74) is 3.40. The first kappa shape index (κ1) is 14.4. The molecule has 3 rings (SSSR count). The van der Waals surface area contributed by atoms with Crippen molar-refractivity contribution in [3.8, 4) is 11.4 Å². The number of pyridine rings is 1. The molecule has 4 nitrogen and oxygen atoms in total. The van der Waals surface area contributed by atoms with Crippen LogP contribution < -0.4 is 0 Å². The molecule has 1 N–H and O–H groups in total. The molecule has 3 aromatic rings. The maximum Gasteiger partial charge on any atom is 0.330 e. The van der Waals surface area contributed by atoms with Gasteiger partial charge in [0.1, 0.15) is 0 Å². The average Bonchev–Trinajstić information content (AvgIpc) is 2.91. The number of carbonyl (C=O) groups excluding carboxylic acids is 1. The van der Waals surface area contributed by atoms with Crippen LogP contribution >= 0.6 is 11.6 Å². The van der Waals surface area contributed by atoms with E-state index in [0.717, 1.165) is 27.9 Å². The minimum Gasteiger partial charge on any atom is -0.466 e. The normalized spacial score (nSPS) is 11.2. The number of aromatic amines is 1. The molecule has 0 atom stereocenters. The molecule has 5 heteroatoms. The quantitative estimate of drug-likeness (QED) is 0.586. The zero-order valence-corrected chi connectivity index (χ0v) is 12.6. The van der Waals surface area contributed by atoms with Crippen molar-refractivity contribution in [1.29, 1.82) is 0 Å². The van der Waals surface area contributed by atoms with Gasteiger partial charge in [-0.25, -0.2) is 4.79 Å². The molecule has 22 heavy (non-hydrogen) atoms. The minimum atomic E-state index is -0.414. The summed E-state index contributed by atoms with van der Waals surface area (Å²) in [5, 5.41) is 1.56. The van der Waals surface area contributed by atoms with Crippen LogP contribution in [-0.2, 0) is 9.53 Å². The number of hydrogen-bond donors (Lipinski definition) is 1. The summed E-state index contributed by atoms with van der Waals surface area (Å²) in [6.45, 7) is 0. The van der Waals surface area contributed by atoms with E-state index >= 15 is 0 Å². The number of nitrogens with zero attached hydrogens (tertiary/aromatic N) is 1. The van der Waals surface area contributed by atoms with Gasteiger partial charge in [0.25, 0.3) is 0 Å². The SMILES string of the molecule is COC(=O)/C=C/c1c(-c2ccccn2)[nH]c2ccc(Cl)cc12. The predicted molar refractivity (Wildman–Crippen MR) is 87.6 cm³/mol. The lowest BCUT2D eigenvalue weighted by Crippen LogP contribution is -1.93. The summed E-state index contributed by atoms with van der Waals surface area (Å²) in [7, 11) is 1.35. The molecule has 110 valence electrons. The highest BCUT2D eigenvalue weighted by Gasteiger charge is 2.12. The standard InChI is InChI=1S/C17H13ClN2O2/c1-22-16(21)8-6-12-13-10-11(18)5-7-14(13)20-17(12)15-4-2-3-9-19-15/h2-10,20H,1H3/b8-6+. The van der Waals surface area contributed by atoms with Crippen LogP contribution in [0.5, 0.6) is 0 Å². The largest absolute Gasteiger partial charge is 0.466 e. The Hall–Kier alpha value is -2.59. The molecule has 0 radical (unpaired) electrons. The molecule has 0 fully saturated rings. The molecule has 0 aliphatic carbocycles. The zero-order valence-electron chi connectivity index (χ0n) is 11.8. The summed E-state index contributed by atoms with van der Waals surface area (Å²) in [6.07, 6.45) is 4.82. The van der Waals surface area contributed by atoms with E-state index < -0.39 is 5.97 Å². The van der Waals surface area contributed by atoms with Gasteiger partial charge in [0.05, 0.1) is 18.5 Å². The molecular weight excluding hydrogens is 300 g/mol. The Bertz CT molecular complexity index is 854. The van der Waals surface area contributed by atoms with Gasteiger partial charge >= 0.3 is 5.97 Å². The van der Waals surface area contributed by atoms with Crippen LogP contribution in [-0.4, -0.2) is 23.0 Å².